The monoisotopic (exact) mass is 324 g/mol. The van der Waals surface area contributed by atoms with Gasteiger partial charge < -0.3 is 19.0 Å². The van der Waals surface area contributed by atoms with Gasteiger partial charge in [0, 0.05) is 24.3 Å². The van der Waals surface area contributed by atoms with E-state index in [4.69, 9.17) is 15.6 Å². The first-order chi connectivity index (χ1) is 11.8. The summed E-state index contributed by atoms with van der Waals surface area (Å²) in [6.07, 6.45) is 7.13. The van der Waals surface area contributed by atoms with Crippen molar-refractivity contribution in [3.05, 3.63) is 54.0 Å². The molecule has 24 heavy (non-hydrogen) atoms. The van der Waals surface area contributed by atoms with E-state index in [1.807, 2.05) is 46.2 Å². The van der Waals surface area contributed by atoms with E-state index in [0.717, 1.165) is 17.0 Å². The van der Waals surface area contributed by atoms with Crippen LogP contribution in [0.5, 0.6) is 0 Å². The van der Waals surface area contributed by atoms with Crippen molar-refractivity contribution in [3.63, 3.8) is 0 Å². The second-order valence-electron chi connectivity index (χ2n) is 5.62. The van der Waals surface area contributed by atoms with E-state index in [0.29, 0.717) is 32.8 Å². The molecule has 1 aromatic carbocycles. The Labute approximate surface area is 141 Å². The van der Waals surface area contributed by atoms with E-state index in [1.165, 1.54) is 0 Å². The van der Waals surface area contributed by atoms with Gasteiger partial charge in [-0.1, -0.05) is 12.0 Å². The molecule has 1 fully saturated rings. The second-order valence-corrected chi connectivity index (χ2v) is 5.62. The SMILES string of the molecule is C#Cc1cccc(N(CC(=O)N2CCOCC2)Cc2ccco2)c1. The number of ether oxygens (including phenoxy) is 1. The summed E-state index contributed by atoms with van der Waals surface area (Å²) in [6, 6.07) is 11.4. The Morgan fingerprint density at radius 1 is 1.25 bits per heavy atom. The first-order valence-corrected chi connectivity index (χ1v) is 7.96. The molecule has 0 unspecified atom stereocenters. The normalized spacial score (nSPS) is 14.2. The van der Waals surface area contributed by atoms with Crippen molar-refractivity contribution in [2.75, 3.05) is 37.7 Å². The number of anilines is 1. The molecule has 0 bridgehead atoms. The Hall–Kier alpha value is -2.71. The summed E-state index contributed by atoms with van der Waals surface area (Å²) in [7, 11) is 0. The Balaban J connectivity index is 1.78. The highest BCUT2D eigenvalue weighted by molar-refractivity contribution is 5.81. The van der Waals surface area contributed by atoms with E-state index < -0.39 is 0 Å². The van der Waals surface area contributed by atoms with E-state index in [9.17, 15) is 4.79 Å². The van der Waals surface area contributed by atoms with Crippen LogP contribution in [0.4, 0.5) is 5.69 Å². The Bertz CT molecular complexity index is 712. The number of carbonyl (C=O) groups is 1. The van der Waals surface area contributed by atoms with Gasteiger partial charge in [-0.3, -0.25) is 4.79 Å². The fraction of sp³-hybridized carbons (Fsp3) is 0.316. The van der Waals surface area contributed by atoms with Crippen molar-refractivity contribution in [2.45, 2.75) is 6.54 Å². The molecule has 1 amide bonds. The fourth-order valence-corrected chi connectivity index (χ4v) is 2.70. The molecule has 0 atom stereocenters. The minimum absolute atomic E-state index is 0.0796. The van der Waals surface area contributed by atoms with Crippen molar-refractivity contribution in [2.24, 2.45) is 0 Å². The van der Waals surface area contributed by atoms with E-state index in [1.54, 1.807) is 6.26 Å². The van der Waals surface area contributed by atoms with Gasteiger partial charge in [0.2, 0.25) is 5.91 Å². The second kappa shape index (κ2) is 7.71. The van der Waals surface area contributed by atoms with Crippen LogP contribution >= 0.6 is 0 Å². The maximum absolute atomic E-state index is 12.6. The summed E-state index contributed by atoms with van der Waals surface area (Å²) in [5.41, 5.74) is 1.69. The number of nitrogens with zero attached hydrogens (tertiary/aromatic N) is 2. The Morgan fingerprint density at radius 3 is 2.79 bits per heavy atom. The van der Waals surface area contributed by atoms with E-state index in [-0.39, 0.29) is 12.5 Å². The average Bonchev–Trinajstić information content (AvgIpc) is 3.15. The molecule has 0 aliphatic carbocycles. The van der Waals surface area contributed by atoms with Crippen LogP contribution in [0.25, 0.3) is 0 Å². The summed E-state index contributed by atoms with van der Waals surface area (Å²) in [5.74, 6) is 3.52. The zero-order valence-electron chi connectivity index (χ0n) is 13.5. The Morgan fingerprint density at radius 2 is 2.08 bits per heavy atom. The maximum Gasteiger partial charge on any atom is 0.242 e. The van der Waals surface area contributed by atoms with Crippen molar-refractivity contribution in [3.8, 4) is 12.3 Å². The summed E-state index contributed by atoms with van der Waals surface area (Å²) in [6.45, 7) is 3.24. The van der Waals surface area contributed by atoms with Gasteiger partial charge in [0.25, 0.3) is 0 Å². The van der Waals surface area contributed by atoms with Crippen LogP contribution in [0.15, 0.2) is 47.1 Å². The standard InChI is InChI=1S/C19H20N2O3/c1-2-16-5-3-6-17(13-16)21(14-18-7-4-10-24-18)15-19(22)20-8-11-23-12-9-20/h1,3-7,10,13H,8-9,11-12,14-15H2. The van der Waals surface area contributed by atoms with Gasteiger partial charge in [-0.2, -0.15) is 0 Å². The lowest BCUT2D eigenvalue weighted by Gasteiger charge is -2.30. The Kier molecular flexibility index (Phi) is 5.19. The summed E-state index contributed by atoms with van der Waals surface area (Å²) in [5, 5.41) is 0. The molecule has 2 heterocycles. The number of carbonyl (C=O) groups excluding carboxylic acids is 1. The topological polar surface area (TPSA) is 45.9 Å². The highest BCUT2D eigenvalue weighted by atomic mass is 16.5. The first-order valence-electron chi connectivity index (χ1n) is 7.96. The molecule has 0 N–H and O–H groups in total. The summed E-state index contributed by atoms with van der Waals surface area (Å²) < 4.78 is 10.8. The zero-order chi connectivity index (χ0) is 16.8. The minimum Gasteiger partial charge on any atom is -0.467 e. The molecular weight excluding hydrogens is 304 g/mol. The number of benzene rings is 1. The van der Waals surface area contributed by atoms with Crippen LogP contribution in [0.1, 0.15) is 11.3 Å². The number of hydrogen-bond acceptors (Lipinski definition) is 4. The van der Waals surface area contributed by atoms with Gasteiger partial charge in [-0.15, -0.1) is 6.42 Å². The third-order valence-corrected chi connectivity index (χ3v) is 3.99. The van der Waals surface area contributed by atoms with Crippen LogP contribution in [-0.4, -0.2) is 43.7 Å². The largest absolute Gasteiger partial charge is 0.467 e. The molecule has 1 aromatic heterocycles. The lowest BCUT2D eigenvalue weighted by atomic mass is 10.2. The average molecular weight is 324 g/mol. The lowest BCUT2D eigenvalue weighted by molar-refractivity contribution is -0.133. The molecule has 124 valence electrons. The van der Waals surface area contributed by atoms with Crippen LogP contribution in [-0.2, 0) is 16.1 Å². The van der Waals surface area contributed by atoms with Crippen molar-refractivity contribution in [1.82, 2.24) is 4.90 Å². The van der Waals surface area contributed by atoms with Crippen molar-refractivity contribution >= 4 is 11.6 Å². The number of hydrogen-bond donors (Lipinski definition) is 0. The first kappa shape index (κ1) is 16.2. The quantitative estimate of drug-likeness (QED) is 0.791. The highest BCUT2D eigenvalue weighted by Crippen LogP contribution is 2.19. The molecule has 5 heteroatoms. The van der Waals surface area contributed by atoms with Crippen molar-refractivity contribution in [1.29, 1.82) is 0 Å². The molecule has 2 aromatic rings. The third-order valence-electron chi connectivity index (χ3n) is 3.99. The maximum atomic E-state index is 12.6. The molecule has 1 aliphatic rings. The number of terminal acetylenes is 1. The third kappa shape index (κ3) is 3.98. The number of amides is 1. The smallest absolute Gasteiger partial charge is 0.242 e. The van der Waals surface area contributed by atoms with Gasteiger partial charge in [-0.05, 0) is 30.3 Å². The van der Waals surface area contributed by atoms with Crippen molar-refractivity contribution < 1.29 is 13.9 Å². The van der Waals surface area contributed by atoms with Gasteiger partial charge in [0.15, 0.2) is 0 Å². The molecule has 1 aliphatic heterocycles. The minimum atomic E-state index is 0.0796. The van der Waals surface area contributed by atoms with E-state index >= 15 is 0 Å². The van der Waals surface area contributed by atoms with Crippen LogP contribution in [0.3, 0.4) is 0 Å². The zero-order valence-corrected chi connectivity index (χ0v) is 13.5. The molecule has 0 radical (unpaired) electrons. The summed E-state index contributed by atoms with van der Waals surface area (Å²) >= 11 is 0. The number of morpholine rings is 1. The lowest BCUT2D eigenvalue weighted by Crippen LogP contribution is -2.45. The molecule has 0 spiro atoms. The molecule has 1 saturated heterocycles. The van der Waals surface area contributed by atoms with Gasteiger partial charge in [0.1, 0.15) is 5.76 Å². The fourth-order valence-electron chi connectivity index (χ4n) is 2.70. The van der Waals surface area contributed by atoms with Crippen LogP contribution in [0, 0.1) is 12.3 Å². The van der Waals surface area contributed by atoms with E-state index in [2.05, 4.69) is 5.92 Å². The molecule has 3 rings (SSSR count). The molecular formula is C19H20N2O3. The predicted octanol–water partition coefficient (Wildman–Crippen LogP) is 2.13. The van der Waals surface area contributed by atoms with Crippen LogP contribution in [0.2, 0.25) is 0 Å². The van der Waals surface area contributed by atoms with Gasteiger partial charge in [-0.25, -0.2) is 0 Å². The predicted molar refractivity (Wildman–Crippen MR) is 91.5 cm³/mol. The number of rotatable bonds is 5. The summed E-state index contributed by atoms with van der Waals surface area (Å²) in [4.78, 5) is 16.4. The van der Waals surface area contributed by atoms with Gasteiger partial charge in [0.05, 0.1) is 32.6 Å². The highest BCUT2D eigenvalue weighted by Gasteiger charge is 2.20. The van der Waals surface area contributed by atoms with Crippen LogP contribution < -0.4 is 4.90 Å². The molecule has 0 saturated carbocycles. The molecule has 5 nitrogen and oxygen atoms in total. The van der Waals surface area contributed by atoms with Gasteiger partial charge >= 0.3 is 0 Å². The number of furan rings is 1.